The Hall–Kier alpha value is -1.47. The van der Waals surface area contributed by atoms with E-state index < -0.39 is 17.4 Å². The van der Waals surface area contributed by atoms with Crippen LogP contribution in [0.3, 0.4) is 0 Å². The molecular formula is C9H13N3O4. The van der Waals surface area contributed by atoms with Crippen LogP contribution in [0.1, 0.15) is 12.8 Å². The Morgan fingerprint density at radius 2 is 1.81 bits per heavy atom. The Labute approximate surface area is 91.9 Å². The maximum absolute atomic E-state index is 10.9. The molecule has 7 nitrogen and oxygen atoms in total. The number of hydrogen-bond donors (Lipinski definition) is 3. The number of nitrogens with zero attached hydrogens (tertiary/aromatic N) is 1. The van der Waals surface area contributed by atoms with E-state index >= 15 is 0 Å². The minimum absolute atomic E-state index is 0.117. The van der Waals surface area contributed by atoms with Crippen molar-refractivity contribution in [2.75, 3.05) is 19.8 Å². The molecule has 0 aromatic heterocycles. The van der Waals surface area contributed by atoms with E-state index in [4.69, 9.17) is 4.74 Å². The topological polar surface area (TPSA) is 100 Å². The zero-order valence-corrected chi connectivity index (χ0v) is 8.65. The average Bonchev–Trinajstić information content (AvgIpc) is 2.59. The zero-order valence-electron chi connectivity index (χ0n) is 8.65. The van der Waals surface area contributed by atoms with Crippen molar-refractivity contribution in [2.45, 2.75) is 18.4 Å². The number of amides is 2. The lowest BCUT2D eigenvalue weighted by atomic mass is 9.92. The lowest BCUT2D eigenvalue weighted by molar-refractivity contribution is -0.135. The molecule has 2 saturated heterocycles. The fraction of sp³-hybridized carbons (Fsp3) is 0.667. The van der Waals surface area contributed by atoms with E-state index in [1.165, 1.54) is 0 Å². The van der Waals surface area contributed by atoms with Gasteiger partial charge in [0.05, 0.1) is 12.1 Å². The van der Waals surface area contributed by atoms with Gasteiger partial charge in [0.25, 0.3) is 0 Å². The largest absolute Gasteiger partial charge is 0.394 e. The van der Waals surface area contributed by atoms with Crippen LogP contribution in [0.15, 0.2) is 4.99 Å². The monoisotopic (exact) mass is 227 g/mol. The molecule has 0 aromatic rings. The molecule has 3 N–H and O–H groups in total. The van der Waals surface area contributed by atoms with E-state index in [1.807, 2.05) is 0 Å². The number of carbonyl (C=O) groups excluding carboxylic acids is 2. The standard InChI is InChI=1S/C9H13N3O4/c13-5-9(1-3-16-4-2-9)12-8-10-6(14)7(15)11-8/h13H,1-5H2,(H2,10,11,12,14,15). The first-order valence-electron chi connectivity index (χ1n) is 5.06. The van der Waals surface area contributed by atoms with Crippen LogP contribution in [0.2, 0.25) is 0 Å². The van der Waals surface area contributed by atoms with Crippen LogP contribution in [0.5, 0.6) is 0 Å². The molecule has 0 saturated carbocycles. The first kappa shape index (κ1) is 11.0. The number of ether oxygens (including phenoxy) is 1. The molecule has 0 bridgehead atoms. The number of rotatable bonds is 2. The van der Waals surface area contributed by atoms with Crippen molar-refractivity contribution in [3.8, 4) is 0 Å². The summed E-state index contributed by atoms with van der Waals surface area (Å²) in [7, 11) is 0. The smallest absolute Gasteiger partial charge is 0.316 e. The quantitative estimate of drug-likeness (QED) is 0.481. The fourth-order valence-electron chi connectivity index (χ4n) is 1.71. The lowest BCUT2D eigenvalue weighted by Gasteiger charge is -2.31. The van der Waals surface area contributed by atoms with Crippen LogP contribution in [0.4, 0.5) is 0 Å². The highest BCUT2D eigenvalue weighted by molar-refractivity contribution is 6.45. The van der Waals surface area contributed by atoms with Gasteiger partial charge in [-0.1, -0.05) is 0 Å². The van der Waals surface area contributed by atoms with Gasteiger partial charge in [-0.15, -0.1) is 0 Å². The van der Waals surface area contributed by atoms with E-state index in [-0.39, 0.29) is 12.6 Å². The molecule has 0 aliphatic carbocycles. The van der Waals surface area contributed by atoms with E-state index in [9.17, 15) is 14.7 Å². The highest BCUT2D eigenvalue weighted by atomic mass is 16.5. The van der Waals surface area contributed by atoms with Crippen molar-refractivity contribution in [3.05, 3.63) is 0 Å². The van der Waals surface area contributed by atoms with Gasteiger partial charge in [0.1, 0.15) is 0 Å². The maximum Gasteiger partial charge on any atom is 0.316 e. The molecule has 2 amide bonds. The van der Waals surface area contributed by atoms with Crippen LogP contribution in [-0.4, -0.2) is 48.2 Å². The maximum atomic E-state index is 10.9. The van der Waals surface area contributed by atoms with Gasteiger partial charge in [-0.25, -0.2) is 4.99 Å². The SMILES string of the molecule is O=C1NC(=NC2(CO)CCOCC2)NC1=O. The first-order valence-corrected chi connectivity index (χ1v) is 5.06. The molecule has 2 fully saturated rings. The number of guanidine groups is 1. The van der Waals surface area contributed by atoms with E-state index in [1.54, 1.807) is 0 Å². The van der Waals surface area contributed by atoms with Crippen LogP contribution in [0, 0.1) is 0 Å². The van der Waals surface area contributed by atoms with Crippen LogP contribution < -0.4 is 10.6 Å². The highest BCUT2D eigenvalue weighted by Gasteiger charge is 2.34. The number of nitrogens with one attached hydrogen (secondary N) is 2. The molecule has 2 heterocycles. The molecule has 2 rings (SSSR count). The van der Waals surface area contributed by atoms with Crippen molar-refractivity contribution >= 4 is 17.8 Å². The second-order valence-corrected chi connectivity index (χ2v) is 3.86. The van der Waals surface area contributed by atoms with Gasteiger partial charge < -0.3 is 9.84 Å². The van der Waals surface area contributed by atoms with Crippen LogP contribution >= 0.6 is 0 Å². The van der Waals surface area contributed by atoms with Gasteiger partial charge in [-0.2, -0.15) is 0 Å². The summed E-state index contributed by atoms with van der Waals surface area (Å²) in [5.41, 5.74) is -0.654. The Morgan fingerprint density at radius 3 is 2.31 bits per heavy atom. The van der Waals surface area contributed by atoms with Crippen LogP contribution in [-0.2, 0) is 14.3 Å². The summed E-state index contributed by atoms with van der Waals surface area (Å²) >= 11 is 0. The van der Waals surface area contributed by atoms with Gasteiger partial charge in [0, 0.05) is 13.2 Å². The Balaban J connectivity index is 2.14. The van der Waals surface area contributed by atoms with Crippen molar-refractivity contribution in [2.24, 2.45) is 4.99 Å². The Kier molecular flexibility index (Phi) is 2.88. The molecule has 0 radical (unpaired) electrons. The normalized spacial score (nSPS) is 23.9. The van der Waals surface area contributed by atoms with Gasteiger partial charge >= 0.3 is 11.8 Å². The third kappa shape index (κ3) is 2.05. The predicted octanol–water partition coefficient (Wildman–Crippen LogP) is -1.87. The number of aliphatic imine (C=N–C) groups is 1. The second kappa shape index (κ2) is 4.18. The van der Waals surface area contributed by atoms with Crippen molar-refractivity contribution in [1.29, 1.82) is 0 Å². The summed E-state index contributed by atoms with van der Waals surface area (Å²) in [5, 5.41) is 14.0. The van der Waals surface area contributed by atoms with Gasteiger partial charge in [-0.05, 0) is 12.8 Å². The Morgan fingerprint density at radius 1 is 1.25 bits per heavy atom. The van der Waals surface area contributed by atoms with Gasteiger partial charge in [0.2, 0.25) is 5.96 Å². The predicted molar refractivity (Wildman–Crippen MR) is 53.6 cm³/mol. The summed E-state index contributed by atoms with van der Waals surface area (Å²) < 4.78 is 5.18. The third-order valence-corrected chi connectivity index (χ3v) is 2.74. The minimum Gasteiger partial charge on any atom is -0.394 e. The first-order chi connectivity index (χ1) is 7.65. The molecule has 0 atom stereocenters. The van der Waals surface area contributed by atoms with E-state index in [0.29, 0.717) is 26.1 Å². The fourth-order valence-corrected chi connectivity index (χ4v) is 1.71. The number of aliphatic hydroxyl groups excluding tert-OH is 1. The molecular weight excluding hydrogens is 214 g/mol. The summed E-state index contributed by atoms with van der Waals surface area (Å²) in [6, 6.07) is 0. The third-order valence-electron chi connectivity index (χ3n) is 2.74. The van der Waals surface area contributed by atoms with Gasteiger partial charge in [-0.3, -0.25) is 20.2 Å². The van der Waals surface area contributed by atoms with E-state index in [0.717, 1.165) is 0 Å². The highest BCUT2D eigenvalue weighted by Crippen LogP contribution is 2.24. The van der Waals surface area contributed by atoms with Crippen molar-refractivity contribution < 1.29 is 19.4 Å². The number of hydrogen-bond acceptors (Lipinski definition) is 5. The molecule has 16 heavy (non-hydrogen) atoms. The lowest BCUT2D eigenvalue weighted by Crippen LogP contribution is -2.41. The number of aliphatic hydroxyl groups is 1. The summed E-state index contributed by atoms with van der Waals surface area (Å²) in [4.78, 5) is 26.1. The molecule has 2 aliphatic heterocycles. The van der Waals surface area contributed by atoms with Crippen LogP contribution in [0.25, 0.3) is 0 Å². The summed E-state index contributed by atoms with van der Waals surface area (Å²) in [5.74, 6) is -1.33. The zero-order chi connectivity index (χ0) is 11.6. The molecule has 88 valence electrons. The molecule has 0 spiro atoms. The molecule has 0 aromatic carbocycles. The molecule has 0 unspecified atom stereocenters. The van der Waals surface area contributed by atoms with Gasteiger partial charge in [0.15, 0.2) is 0 Å². The number of carbonyl (C=O) groups is 2. The molecule has 7 heteroatoms. The summed E-state index contributed by atoms with van der Waals surface area (Å²) in [6.45, 7) is 0.893. The minimum atomic E-state index is -0.723. The van der Waals surface area contributed by atoms with Crippen molar-refractivity contribution in [3.63, 3.8) is 0 Å². The van der Waals surface area contributed by atoms with Crippen molar-refractivity contribution in [1.82, 2.24) is 10.6 Å². The second-order valence-electron chi connectivity index (χ2n) is 3.86. The summed E-state index contributed by atoms with van der Waals surface area (Å²) in [6.07, 6.45) is 1.14. The average molecular weight is 227 g/mol. The van der Waals surface area contributed by atoms with E-state index in [2.05, 4.69) is 15.6 Å². The Bertz CT molecular complexity index is 329. The molecule has 2 aliphatic rings.